The van der Waals surface area contributed by atoms with Crippen LogP contribution in [0, 0.1) is 19.8 Å². The van der Waals surface area contributed by atoms with Gasteiger partial charge in [0.1, 0.15) is 0 Å². The van der Waals surface area contributed by atoms with Crippen LogP contribution in [0.4, 0.5) is 5.69 Å². The van der Waals surface area contributed by atoms with E-state index in [-0.39, 0.29) is 11.8 Å². The van der Waals surface area contributed by atoms with Crippen molar-refractivity contribution in [2.45, 2.75) is 26.7 Å². The Hall–Kier alpha value is -2.57. The Morgan fingerprint density at radius 2 is 1.44 bits per heavy atom. The highest BCUT2D eigenvalue weighted by Crippen LogP contribution is 2.24. The molecule has 0 radical (unpaired) electrons. The fraction of sp³-hybridized carbons (Fsp3) is 0.550. The van der Waals surface area contributed by atoms with Crippen molar-refractivity contribution in [2.75, 3.05) is 44.2 Å². The minimum Gasteiger partial charge on any atom is -0.369 e. The summed E-state index contributed by atoms with van der Waals surface area (Å²) in [7, 11) is 0. The van der Waals surface area contributed by atoms with Crippen LogP contribution in [-0.2, 0) is 14.4 Å². The molecule has 7 nitrogen and oxygen atoms in total. The lowest BCUT2D eigenvalue weighted by Crippen LogP contribution is -2.54. The minimum absolute atomic E-state index is 0.190. The summed E-state index contributed by atoms with van der Waals surface area (Å²) in [5.41, 5.74) is 9.03. The summed E-state index contributed by atoms with van der Waals surface area (Å²) in [6.45, 7) is 7.55. The molecule has 0 aromatic heterocycles. The molecular weight excluding hydrogens is 344 g/mol. The van der Waals surface area contributed by atoms with Crippen LogP contribution in [0.2, 0.25) is 0 Å². The van der Waals surface area contributed by atoms with Crippen molar-refractivity contribution < 1.29 is 14.4 Å². The van der Waals surface area contributed by atoms with E-state index in [1.807, 2.05) is 0 Å². The predicted octanol–water partition coefficient (Wildman–Crippen LogP) is 0.676. The van der Waals surface area contributed by atoms with Crippen LogP contribution in [0.1, 0.15) is 24.0 Å². The monoisotopic (exact) mass is 372 g/mol. The SMILES string of the molecule is Cc1cccc(N2CCN(C(=O)C(=O)N3CCC(C(N)=O)CC3)CC2)c1C. The average molecular weight is 372 g/mol. The van der Waals surface area contributed by atoms with Gasteiger partial charge in [-0.3, -0.25) is 14.4 Å². The maximum Gasteiger partial charge on any atom is 0.312 e. The number of hydrogen-bond acceptors (Lipinski definition) is 4. The Balaban J connectivity index is 1.55. The zero-order valence-electron chi connectivity index (χ0n) is 16.1. The molecule has 2 fully saturated rings. The molecule has 0 aliphatic carbocycles. The van der Waals surface area contributed by atoms with Gasteiger partial charge in [0, 0.05) is 50.9 Å². The molecule has 7 heteroatoms. The second-order valence-electron chi connectivity index (χ2n) is 7.47. The Morgan fingerprint density at radius 3 is 2.00 bits per heavy atom. The number of primary amides is 1. The average Bonchev–Trinajstić information content (AvgIpc) is 2.69. The van der Waals surface area contributed by atoms with E-state index in [0.717, 1.165) is 0 Å². The Labute approximate surface area is 160 Å². The third-order valence-corrected chi connectivity index (χ3v) is 5.85. The number of piperidine rings is 1. The molecule has 0 bridgehead atoms. The zero-order valence-corrected chi connectivity index (χ0v) is 16.1. The number of carbonyl (C=O) groups is 3. The fourth-order valence-electron chi connectivity index (χ4n) is 3.87. The number of benzene rings is 1. The van der Waals surface area contributed by atoms with Gasteiger partial charge in [0.2, 0.25) is 5.91 Å². The van der Waals surface area contributed by atoms with Gasteiger partial charge in [-0.15, -0.1) is 0 Å². The first-order valence-electron chi connectivity index (χ1n) is 9.57. The van der Waals surface area contributed by atoms with Gasteiger partial charge in [-0.05, 0) is 43.9 Å². The highest BCUT2D eigenvalue weighted by Gasteiger charge is 2.33. The number of aryl methyl sites for hydroxylation is 1. The number of amides is 3. The molecule has 146 valence electrons. The number of nitrogens with two attached hydrogens (primary N) is 1. The standard InChI is InChI=1S/C20H28N4O3/c1-14-4-3-5-17(15(14)2)22-10-12-24(13-11-22)20(27)19(26)23-8-6-16(7-9-23)18(21)25/h3-5,16H,6-13H2,1-2H3,(H2,21,25). The number of likely N-dealkylation sites (tertiary alicyclic amines) is 1. The maximum absolute atomic E-state index is 12.6. The minimum atomic E-state index is -0.460. The molecule has 0 atom stereocenters. The smallest absolute Gasteiger partial charge is 0.312 e. The molecule has 1 aromatic rings. The Morgan fingerprint density at radius 1 is 0.889 bits per heavy atom. The highest BCUT2D eigenvalue weighted by molar-refractivity contribution is 6.35. The second-order valence-corrected chi connectivity index (χ2v) is 7.47. The molecule has 2 saturated heterocycles. The molecule has 2 N–H and O–H groups in total. The summed E-state index contributed by atoms with van der Waals surface area (Å²) in [5, 5.41) is 0. The van der Waals surface area contributed by atoms with Crippen molar-refractivity contribution in [3.05, 3.63) is 29.3 Å². The number of rotatable bonds is 2. The quantitative estimate of drug-likeness (QED) is 0.774. The van der Waals surface area contributed by atoms with Crippen LogP contribution in [0.25, 0.3) is 0 Å². The topological polar surface area (TPSA) is 87.0 Å². The van der Waals surface area contributed by atoms with Crippen molar-refractivity contribution in [1.29, 1.82) is 0 Å². The molecule has 3 amide bonds. The van der Waals surface area contributed by atoms with Gasteiger partial charge in [0.25, 0.3) is 0 Å². The van der Waals surface area contributed by atoms with Gasteiger partial charge >= 0.3 is 11.8 Å². The molecule has 2 aliphatic rings. The Kier molecular flexibility index (Phi) is 5.68. The third-order valence-electron chi connectivity index (χ3n) is 5.85. The van der Waals surface area contributed by atoms with E-state index in [0.29, 0.717) is 52.1 Å². The van der Waals surface area contributed by atoms with E-state index in [2.05, 4.69) is 36.9 Å². The molecule has 0 saturated carbocycles. The number of anilines is 1. The molecule has 3 rings (SSSR count). The first-order valence-corrected chi connectivity index (χ1v) is 9.57. The normalized spacial score (nSPS) is 18.5. The first-order chi connectivity index (χ1) is 12.9. The number of nitrogens with zero attached hydrogens (tertiary/aromatic N) is 3. The Bertz CT molecular complexity index is 733. The van der Waals surface area contributed by atoms with Crippen LogP contribution < -0.4 is 10.6 Å². The van der Waals surface area contributed by atoms with Crippen LogP contribution in [0.3, 0.4) is 0 Å². The van der Waals surface area contributed by atoms with Crippen LogP contribution in [0.15, 0.2) is 18.2 Å². The van der Waals surface area contributed by atoms with Crippen molar-refractivity contribution >= 4 is 23.4 Å². The van der Waals surface area contributed by atoms with Gasteiger partial charge in [0.15, 0.2) is 0 Å². The largest absolute Gasteiger partial charge is 0.369 e. The summed E-state index contributed by atoms with van der Waals surface area (Å²) in [6, 6.07) is 6.25. The van der Waals surface area contributed by atoms with Crippen LogP contribution in [-0.4, -0.2) is 66.8 Å². The summed E-state index contributed by atoms with van der Waals surface area (Å²) >= 11 is 0. The van der Waals surface area contributed by atoms with Crippen molar-refractivity contribution in [1.82, 2.24) is 9.80 Å². The predicted molar refractivity (Wildman–Crippen MR) is 103 cm³/mol. The lowest BCUT2D eigenvalue weighted by atomic mass is 9.96. The highest BCUT2D eigenvalue weighted by atomic mass is 16.2. The van der Waals surface area contributed by atoms with Gasteiger partial charge < -0.3 is 20.4 Å². The number of piperazine rings is 1. The zero-order chi connectivity index (χ0) is 19.6. The van der Waals surface area contributed by atoms with Crippen molar-refractivity contribution in [3.63, 3.8) is 0 Å². The second kappa shape index (κ2) is 7.98. The van der Waals surface area contributed by atoms with Gasteiger partial charge in [-0.2, -0.15) is 0 Å². The van der Waals surface area contributed by atoms with E-state index >= 15 is 0 Å². The molecule has 1 aromatic carbocycles. The fourth-order valence-corrected chi connectivity index (χ4v) is 3.87. The van der Waals surface area contributed by atoms with Crippen molar-refractivity contribution in [3.8, 4) is 0 Å². The molecular formula is C20H28N4O3. The molecule has 27 heavy (non-hydrogen) atoms. The van der Waals surface area contributed by atoms with Gasteiger partial charge in [0.05, 0.1) is 0 Å². The van der Waals surface area contributed by atoms with E-state index in [1.54, 1.807) is 9.80 Å². The van der Waals surface area contributed by atoms with E-state index in [9.17, 15) is 14.4 Å². The van der Waals surface area contributed by atoms with E-state index in [1.165, 1.54) is 16.8 Å². The molecule has 2 heterocycles. The lowest BCUT2D eigenvalue weighted by molar-refractivity contribution is -0.153. The summed E-state index contributed by atoms with van der Waals surface area (Å²) < 4.78 is 0. The lowest BCUT2D eigenvalue weighted by Gasteiger charge is -2.38. The number of carbonyl (C=O) groups excluding carboxylic acids is 3. The summed E-state index contributed by atoms with van der Waals surface area (Å²) in [6.07, 6.45) is 1.07. The van der Waals surface area contributed by atoms with E-state index in [4.69, 9.17) is 5.73 Å². The van der Waals surface area contributed by atoms with E-state index < -0.39 is 11.8 Å². The molecule has 2 aliphatic heterocycles. The van der Waals surface area contributed by atoms with Gasteiger partial charge in [-0.1, -0.05) is 12.1 Å². The maximum atomic E-state index is 12.6. The number of hydrogen-bond donors (Lipinski definition) is 1. The third kappa shape index (κ3) is 4.07. The van der Waals surface area contributed by atoms with Crippen molar-refractivity contribution in [2.24, 2.45) is 11.7 Å². The summed E-state index contributed by atoms with van der Waals surface area (Å²) in [4.78, 5) is 41.8. The molecule has 0 spiro atoms. The summed E-state index contributed by atoms with van der Waals surface area (Å²) in [5.74, 6) is -1.41. The van der Waals surface area contributed by atoms with Crippen LogP contribution >= 0.6 is 0 Å². The van der Waals surface area contributed by atoms with Gasteiger partial charge in [-0.25, -0.2) is 0 Å². The van der Waals surface area contributed by atoms with Crippen LogP contribution in [0.5, 0.6) is 0 Å². The molecule has 0 unspecified atom stereocenters. The first kappa shape index (κ1) is 19.2.